The number of benzene rings is 2. The lowest BCUT2D eigenvalue weighted by Crippen LogP contribution is -2.14. The number of carbonyl (C=O) groups is 1. The normalized spacial score (nSPS) is 13.5. The van der Waals surface area contributed by atoms with Crippen LogP contribution in [0.3, 0.4) is 0 Å². The lowest BCUT2D eigenvalue weighted by Gasteiger charge is -2.10. The standard InChI is InChI=1S/C22H24N4O2/c1-28-19-11-9-16(10-12-19)14-21(27)23-18-7-5-6-17(15-18)22-25-24-20-8-3-2-4-13-26(20)22/h5-7,9-12,15H,2-4,8,13-14H2,1H3,(H,23,27). The molecule has 0 atom stereocenters. The number of ether oxygens (including phenoxy) is 1. The van der Waals surface area contributed by atoms with E-state index in [1.54, 1.807) is 7.11 Å². The van der Waals surface area contributed by atoms with E-state index in [0.29, 0.717) is 6.42 Å². The molecule has 1 amide bonds. The van der Waals surface area contributed by atoms with Crippen LogP contribution in [0.2, 0.25) is 0 Å². The average Bonchev–Trinajstić information content (AvgIpc) is 2.97. The summed E-state index contributed by atoms with van der Waals surface area (Å²) < 4.78 is 7.37. The minimum absolute atomic E-state index is 0.0533. The zero-order chi connectivity index (χ0) is 19.3. The Labute approximate surface area is 164 Å². The number of carbonyl (C=O) groups excluding carboxylic acids is 1. The summed E-state index contributed by atoms with van der Waals surface area (Å²) in [5, 5.41) is 11.8. The summed E-state index contributed by atoms with van der Waals surface area (Å²) in [4.78, 5) is 12.4. The summed E-state index contributed by atoms with van der Waals surface area (Å²) in [6, 6.07) is 15.3. The van der Waals surface area contributed by atoms with E-state index in [4.69, 9.17) is 4.74 Å². The molecule has 1 N–H and O–H groups in total. The molecule has 0 spiro atoms. The van der Waals surface area contributed by atoms with Crippen molar-refractivity contribution in [2.75, 3.05) is 12.4 Å². The predicted molar refractivity (Wildman–Crippen MR) is 108 cm³/mol. The lowest BCUT2D eigenvalue weighted by atomic mass is 10.1. The molecule has 0 unspecified atom stereocenters. The number of anilines is 1. The number of aryl methyl sites for hydroxylation is 1. The fourth-order valence-electron chi connectivity index (χ4n) is 3.57. The number of methoxy groups -OCH3 is 1. The van der Waals surface area contributed by atoms with Gasteiger partial charge in [-0.05, 0) is 42.7 Å². The fraction of sp³-hybridized carbons (Fsp3) is 0.318. The molecule has 1 aliphatic rings. The molecule has 144 valence electrons. The zero-order valence-electron chi connectivity index (χ0n) is 16.0. The molecule has 0 fully saturated rings. The van der Waals surface area contributed by atoms with Gasteiger partial charge in [0.2, 0.25) is 5.91 Å². The van der Waals surface area contributed by atoms with Gasteiger partial charge >= 0.3 is 0 Å². The highest BCUT2D eigenvalue weighted by atomic mass is 16.5. The number of amides is 1. The Morgan fingerprint density at radius 3 is 2.79 bits per heavy atom. The van der Waals surface area contributed by atoms with Crippen molar-refractivity contribution in [3.8, 4) is 17.1 Å². The number of hydrogen-bond donors (Lipinski definition) is 1. The highest BCUT2D eigenvalue weighted by molar-refractivity contribution is 5.92. The first-order chi connectivity index (χ1) is 13.7. The number of hydrogen-bond acceptors (Lipinski definition) is 4. The van der Waals surface area contributed by atoms with Crippen molar-refractivity contribution < 1.29 is 9.53 Å². The van der Waals surface area contributed by atoms with Crippen LogP contribution in [0.4, 0.5) is 5.69 Å². The van der Waals surface area contributed by atoms with E-state index in [-0.39, 0.29) is 5.91 Å². The zero-order valence-corrected chi connectivity index (χ0v) is 16.0. The molecule has 6 heteroatoms. The predicted octanol–water partition coefficient (Wildman–Crippen LogP) is 3.86. The minimum atomic E-state index is -0.0533. The highest BCUT2D eigenvalue weighted by Crippen LogP contribution is 2.25. The number of rotatable bonds is 5. The maximum absolute atomic E-state index is 12.4. The molecule has 0 saturated carbocycles. The van der Waals surface area contributed by atoms with Crippen molar-refractivity contribution in [3.63, 3.8) is 0 Å². The quantitative estimate of drug-likeness (QED) is 0.734. The second kappa shape index (κ2) is 8.25. The summed E-state index contributed by atoms with van der Waals surface area (Å²) in [5.74, 6) is 2.66. The fourth-order valence-corrected chi connectivity index (χ4v) is 3.57. The molecule has 1 aliphatic heterocycles. The lowest BCUT2D eigenvalue weighted by molar-refractivity contribution is -0.115. The Morgan fingerprint density at radius 2 is 1.96 bits per heavy atom. The van der Waals surface area contributed by atoms with Gasteiger partial charge in [0.15, 0.2) is 5.82 Å². The summed E-state index contributed by atoms with van der Waals surface area (Å²) in [6.45, 7) is 0.950. The van der Waals surface area contributed by atoms with Gasteiger partial charge in [-0.3, -0.25) is 4.79 Å². The van der Waals surface area contributed by atoms with E-state index in [1.807, 2.05) is 48.5 Å². The van der Waals surface area contributed by atoms with Crippen molar-refractivity contribution in [1.82, 2.24) is 14.8 Å². The SMILES string of the molecule is COc1ccc(CC(=O)Nc2cccc(-c3nnc4n3CCCCC4)c2)cc1. The number of nitrogens with zero attached hydrogens (tertiary/aromatic N) is 3. The molecule has 0 aliphatic carbocycles. The molecule has 2 heterocycles. The third kappa shape index (κ3) is 4.06. The summed E-state index contributed by atoms with van der Waals surface area (Å²) in [5.41, 5.74) is 2.68. The van der Waals surface area contributed by atoms with Crippen LogP contribution in [0, 0.1) is 0 Å². The van der Waals surface area contributed by atoms with Crippen molar-refractivity contribution in [3.05, 3.63) is 59.9 Å². The van der Waals surface area contributed by atoms with Crippen LogP contribution in [0.15, 0.2) is 48.5 Å². The minimum Gasteiger partial charge on any atom is -0.497 e. The first kappa shape index (κ1) is 18.2. The van der Waals surface area contributed by atoms with Gasteiger partial charge < -0.3 is 14.6 Å². The van der Waals surface area contributed by atoms with Crippen molar-refractivity contribution in [2.24, 2.45) is 0 Å². The van der Waals surface area contributed by atoms with E-state index in [9.17, 15) is 4.79 Å². The van der Waals surface area contributed by atoms with Crippen LogP contribution < -0.4 is 10.1 Å². The molecule has 3 aromatic rings. The van der Waals surface area contributed by atoms with Crippen LogP contribution in [-0.2, 0) is 24.2 Å². The Kier molecular flexibility index (Phi) is 5.37. The number of aromatic nitrogens is 3. The molecule has 1 aromatic heterocycles. The molecule has 4 rings (SSSR count). The monoisotopic (exact) mass is 376 g/mol. The molecule has 0 radical (unpaired) electrons. The van der Waals surface area contributed by atoms with Crippen LogP contribution in [0.1, 0.15) is 30.7 Å². The first-order valence-electron chi connectivity index (χ1n) is 9.68. The smallest absolute Gasteiger partial charge is 0.228 e. The summed E-state index contributed by atoms with van der Waals surface area (Å²) in [6.07, 6.45) is 4.83. The van der Waals surface area contributed by atoms with Crippen molar-refractivity contribution >= 4 is 11.6 Å². The number of nitrogens with one attached hydrogen (secondary N) is 1. The maximum Gasteiger partial charge on any atom is 0.228 e. The van der Waals surface area contributed by atoms with Gasteiger partial charge in [0, 0.05) is 24.2 Å². The Hall–Kier alpha value is -3.15. The molecule has 2 aromatic carbocycles. The van der Waals surface area contributed by atoms with Crippen LogP contribution in [-0.4, -0.2) is 27.8 Å². The third-order valence-corrected chi connectivity index (χ3v) is 5.04. The molecule has 0 bridgehead atoms. The molecular weight excluding hydrogens is 352 g/mol. The maximum atomic E-state index is 12.4. The second-order valence-corrected chi connectivity index (χ2v) is 7.06. The Morgan fingerprint density at radius 1 is 1.11 bits per heavy atom. The largest absolute Gasteiger partial charge is 0.497 e. The molecule has 6 nitrogen and oxygen atoms in total. The van der Waals surface area contributed by atoms with Crippen molar-refractivity contribution in [1.29, 1.82) is 0 Å². The van der Waals surface area contributed by atoms with Crippen LogP contribution in [0.25, 0.3) is 11.4 Å². The van der Waals surface area contributed by atoms with E-state index in [2.05, 4.69) is 20.1 Å². The number of fused-ring (bicyclic) bond motifs is 1. The Bertz CT molecular complexity index is 963. The van der Waals surface area contributed by atoms with Gasteiger partial charge in [0.05, 0.1) is 13.5 Å². The van der Waals surface area contributed by atoms with Crippen LogP contribution in [0.5, 0.6) is 5.75 Å². The van der Waals surface area contributed by atoms with Gasteiger partial charge in [0.25, 0.3) is 0 Å². The summed E-state index contributed by atoms with van der Waals surface area (Å²) in [7, 11) is 1.63. The van der Waals surface area contributed by atoms with E-state index in [0.717, 1.165) is 53.6 Å². The summed E-state index contributed by atoms with van der Waals surface area (Å²) >= 11 is 0. The van der Waals surface area contributed by atoms with Gasteiger partial charge in [-0.15, -0.1) is 10.2 Å². The molecular formula is C22H24N4O2. The topological polar surface area (TPSA) is 69.0 Å². The third-order valence-electron chi connectivity index (χ3n) is 5.04. The van der Waals surface area contributed by atoms with E-state index < -0.39 is 0 Å². The first-order valence-corrected chi connectivity index (χ1v) is 9.68. The van der Waals surface area contributed by atoms with Gasteiger partial charge in [-0.25, -0.2) is 0 Å². The molecule has 28 heavy (non-hydrogen) atoms. The molecule has 0 saturated heterocycles. The van der Waals surface area contributed by atoms with Gasteiger partial charge in [-0.2, -0.15) is 0 Å². The van der Waals surface area contributed by atoms with Crippen molar-refractivity contribution in [2.45, 2.75) is 38.6 Å². The second-order valence-electron chi connectivity index (χ2n) is 7.06. The highest BCUT2D eigenvalue weighted by Gasteiger charge is 2.16. The van der Waals surface area contributed by atoms with Gasteiger partial charge in [0.1, 0.15) is 11.6 Å². The van der Waals surface area contributed by atoms with E-state index >= 15 is 0 Å². The Balaban J connectivity index is 1.48. The van der Waals surface area contributed by atoms with Crippen LogP contribution >= 0.6 is 0 Å². The average molecular weight is 376 g/mol. The van der Waals surface area contributed by atoms with Gasteiger partial charge in [-0.1, -0.05) is 30.7 Å². The van der Waals surface area contributed by atoms with E-state index in [1.165, 1.54) is 12.8 Å².